The number of nitrogens with zero attached hydrogens (tertiary/aromatic N) is 2. The van der Waals surface area contributed by atoms with Crippen LogP contribution in [0.25, 0.3) is 0 Å². The lowest BCUT2D eigenvalue weighted by atomic mass is 9.89. The summed E-state index contributed by atoms with van der Waals surface area (Å²) in [4.78, 5) is 16.9. The molecule has 2 aromatic carbocycles. The molecule has 0 aromatic heterocycles. The van der Waals surface area contributed by atoms with E-state index in [0.29, 0.717) is 11.8 Å². The number of benzene rings is 2. The Morgan fingerprint density at radius 3 is 2.39 bits per heavy atom. The van der Waals surface area contributed by atoms with E-state index in [1.165, 1.54) is 5.56 Å². The zero-order valence-electron chi connectivity index (χ0n) is 16.7. The summed E-state index contributed by atoms with van der Waals surface area (Å²) in [5.41, 5.74) is 1.28. The topological polar surface area (TPSA) is 32.8 Å². The molecule has 2 fully saturated rings. The molecule has 0 aliphatic carbocycles. The van der Waals surface area contributed by atoms with E-state index in [2.05, 4.69) is 34.1 Å². The Morgan fingerprint density at radius 1 is 0.964 bits per heavy atom. The Kier molecular flexibility index (Phi) is 5.96. The quantitative estimate of drug-likeness (QED) is 0.683. The van der Waals surface area contributed by atoms with Gasteiger partial charge in [-0.1, -0.05) is 48.5 Å². The van der Waals surface area contributed by atoms with Crippen LogP contribution in [0.15, 0.2) is 60.7 Å². The maximum atomic E-state index is 12.2. The van der Waals surface area contributed by atoms with Crippen molar-refractivity contribution in [1.29, 1.82) is 0 Å². The highest BCUT2D eigenvalue weighted by Crippen LogP contribution is 2.44. The number of rotatable bonds is 7. The Labute approximate surface area is 168 Å². The van der Waals surface area contributed by atoms with Crippen LogP contribution in [0.1, 0.15) is 31.4 Å². The van der Waals surface area contributed by atoms with Crippen molar-refractivity contribution < 1.29 is 9.53 Å². The number of unbranched alkanes of at least 4 members (excludes halogenated alkanes) is 1. The molecule has 0 radical (unpaired) electrons. The van der Waals surface area contributed by atoms with Crippen LogP contribution in [0.4, 0.5) is 0 Å². The largest absolute Gasteiger partial charge is 0.494 e. The van der Waals surface area contributed by atoms with Gasteiger partial charge in [0.2, 0.25) is 5.91 Å². The molecule has 2 aliphatic rings. The number of carbonyl (C=O) groups excluding carboxylic acids is 1. The van der Waals surface area contributed by atoms with Crippen molar-refractivity contribution in [1.82, 2.24) is 9.80 Å². The minimum Gasteiger partial charge on any atom is -0.494 e. The van der Waals surface area contributed by atoms with Gasteiger partial charge in [-0.2, -0.15) is 0 Å². The van der Waals surface area contributed by atoms with Crippen LogP contribution in [-0.4, -0.2) is 48.5 Å². The SMILES string of the molecule is CC(=O)N1C[C@H]2CN(CCCCOc3ccccc3)C[C@H]2[C@@H]1c1ccccc1. The van der Waals surface area contributed by atoms with E-state index in [-0.39, 0.29) is 11.9 Å². The number of hydrogen-bond acceptors (Lipinski definition) is 3. The number of carbonyl (C=O) groups is 1. The number of para-hydroxylation sites is 1. The molecule has 28 heavy (non-hydrogen) atoms. The Hall–Kier alpha value is -2.33. The lowest BCUT2D eigenvalue weighted by molar-refractivity contribution is -0.130. The first-order chi connectivity index (χ1) is 13.7. The van der Waals surface area contributed by atoms with Gasteiger partial charge in [0.25, 0.3) is 0 Å². The van der Waals surface area contributed by atoms with Gasteiger partial charge < -0.3 is 14.5 Å². The van der Waals surface area contributed by atoms with Crippen LogP contribution in [0.2, 0.25) is 0 Å². The van der Waals surface area contributed by atoms with E-state index in [4.69, 9.17) is 4.74 Å². The van der Waals surface area contributed by atoms with Gasteiger partial charge in [0.05, 0.1) is 12.6 Å². The second kappa shape index (κ2) is 8.78. The Bertz CT molecular complexity index is 765. The lowest BCUT2D eigenvalue weighted by Crippen LogP contribution is -2.34. The third-order valence-corrected chi connectivity index (χ3v) is 6.17. The molecule has 1 amide bonds. The van der Waals surface area contributed by atoms with E-state index >= 15 is 0 Å². The van der Waals surface area contributed by atoms with E-state index in [1.54, 1.807) is 6.92 Å². The van der Waals surface area contributed by atoms with Gasteiger partial charge in [0.1, 0.15) is 5.75 Å². The monoisotopic (exact) mass is 378 g/mol. The van der Waals surface area contributed by atoms with Crippen molar-refractivity contribution in [3.05, 3.63) is 66.2 Å². The minimum atomic E-state index is 0.202. The Morgan fingerprint density at radius 2 is 1.68 bits per heavy atom. The number of ether oxygens (including phenoxy) is 1. The molecule has 3 atom stereocenters. The summed E-state index contributed by atoms with van der Waals surface area (Å²) in [6.45, 7) is 6.70. The second-order valence-electron chi connectivity index (χ2n) is 8.08. The fourth-order valence-corrected chi connectivity index (χ4v) is 4.87. The minimum absolute atomic E-state index is 0.202. The smallest absolute Gasteiger partial charge is 0.219 e. The fraction of sp³-hybridized carbons (Fsp3) is 0.458. The van der Waals surface area contributed by atoms with Gasteiger partial charge in [0, 0.05) is 32.5 Å². The number of amides is 1. The number of fused-ring (bicyclic) bond motifs is 1. The Balaban J connectivity index is 1.28. The normalized spacial score (nSPS) is 24.3. The molecule has 148 valence electrons. The summed E-state index contributed by atoms with van der Waals surface area (Å²) < 4.78 is 5.80. The zero-order chi connectivity index (χ0) is 19.3. The molecule has 0 spiro atoms. The third-order valence-electron chi connectivity index (χ3n) is 6.17. The van der Waals surface area contributed by atoms with Crippen LogP contribution >= 0.6 is 0 Å². The van der Waals surface area contributed by atoms with Crippen molar-refractivity contribution >= 4 is 5.91 Å². The maximum Gasteiger partial charge on any atom is 0.219 e. The number of likely N-dealkylation sites (tertiary alicyclic amines) is 2. The second-order valence-corrected chi connectivity index (χ2v) is 8.08. The summed E-state index contributed by atoms with van der Waals surface area (Å²) in [5.74, 6) is 2.29. The predicted octanol–water partition coefficient (Wildman–Crippen LogP) is 4.00. The molecule has 0 saturated carbocycles. The van der Waals surface area contributed by atoms with Gasteiger partial charge >= 0.3 is 0 Å². The van der Waals surface area contributed by atoms with Crippen molar-refractivity contribution in [3.63, 3.8) is 0 Å². The van der Waals surface area contributed by atoms with Crippen LogP contribution in [0.5, 0.6) is 5.75 Å². The van der Waals surface area contributed by atoms with Gasteiger partial charge in [-0.25, -0.2) is 0 Å². The van der Waals surface area contributed by atoms with Crippen molar-refractivity contribution in [3.8, 4) is 5.75 Å². The van der Waals surface area contributed by atoms with Gasteiger partial charge in [0.15, 0.2) is 0 Å². The zero-order valence-corrected chi connectivity index (χ0v) is 16.7. The summed E-state index contributed by atoms with van der Waals surface area (Å²) in [7, 11) is 0. The first-order valence-electron chi connectivity index (χ1n) is 10.4. The van der Waals surface area contributed by atoms with Crippen LogP contribution in [0, 0.1) is 11.8 Å². The third kappa shape index (κ3) is 4.22. The van der Waals surface area contributed by atoms with Gasteiger partial charge in [-0.15, -0.1) is 0 Å². The van der Waals surface area contributed by atoms with Crippen LogP contribution in [0.3, 0.4) is 0 Å². The van der Waals surface area contributed by atoms with E-state index in [1.807, 2.05) is 36.4 Å². The molecular formula is C24H30N2O2. The van der Waals surface area contributed by atoms with E-state index in [9.17, 15) is 4.79 Å². The van der Waals surface area contributed by atoms with Crippen molar-refractivity contribution in [2.45, 2.75) is 25.8 Å². The molecule has 2 aliphatic heterocycles. The highest BCUT2D eigenvalue weighted by atomic mass is 16.5. The predicted molar refractivity (Wildman–Crippen MR) is 111 cm³/mol. The molecule has 2 heterocycles. The molecule has 2 saturated heterocycles. The van der Waals surface area contributed by atoms with E-state index < -0.39 is 0 Å². The molecule has 4 nitrogen and oxygen atoms in total. The fourth-order valence-electron chi connectivity index (χ4n) is 4.87. The van der Waals surface area contributed by atoms with Crippen molar-refractivity contribution in [2.24, 2.45) is 11.8 Å². The summed E-state index contributed by atoms with van der Waals surface area (Å²) in [6, 6.07) is 20.8. The van der Waals surface area contributed by atoms with Gasteiger partial charge in [-0.05, 0) is 43.0 Å². The maximum absolute atomic E-state index is 12.2. The van der Waals surface area contributed by atoms with Crippen LogP contribution in [-0.2, 0) is 4.79 Å². The molecule has 0 unspecified atom stereocenters. The number of hydrogen-bond donors (Lipinski definition) is 0. The van der Waals surface area contributed by atoms with E-state index in [0.717, 1.165) is 51.4 Å². The van der Waals surface area contributed by atoms with Gasteiger partial charge in [-0.3, -0.25) is 4.79 Å². The molecule has 4 heteroatoms. The summed E-state index contributed by atoms with van der Waals surface area (Å²) in [5, 5.41) is 0. The summed E-state index contributed by atoms with van der Waals surface area (Å²) >= 11 is 0. The first-order valence-corrected chi connectivity index (χ1v) is 10.4. The van der Waals surface area contributed by atoms with Crippen LogP contribution < -0.4 is 4.74 Å². The first kappa shape index (κ1) is 19.0. The molecule has 0 N–H and O–H groups in total. The molecule has 0 bridgehead atoms. The standard InChI is InChI=1S/C24H30N2O2/c1-19(27)26-17-21-16-25(14-8-9-15-28-22-12-6-3-7-13-22)18-23(21)24(26)20-10-4-2-5-11-20/h2-7,10-13,21,23-24H,8-9,14-18H2,1H3/t21-,23-,24+/m1/s1. The molecule has 4 rings (SSSR count). The average molecular weight is 379 g/mol. The lowest BCUT2D eigenvalue weighted by Gasteiger charge is -2.29. The molecule has 2 aromatic rings. The molecular weight excluding hydrogens is 348 g/mol. The highest BCUT2D eigenvalue weighted by molar-refractivity contribution is 5.74. The van der Waals surface area contributed by atoms with Crippen molar-refractivity contribution in [2.75, 3.05) is 32.8 Å². The average Bonchev–Trinajstić information content (AvgIpc) is 3.26. The highest BCUT2D eigenvalue weighted by Gasteiger charge is 2.48. The summed E-state index contributed by atoms with van der Waals surface area (Å²) in [6.07, 6.45) is 2.22.